The molecule has 0 radical (unpaired) electrons. The number of nitrogen functional groups attached to an aromatic ring is 1. The summed E-state index contributed by atoms with van der Waals surface area (Å²) in [4.78, 5) is 4.31. The number of benzene rings is 1. The Morgan fingerprint density at radius 3 is 2.95 bits per heavy atom. The van der Waals surface area contributed by atoms with Crippen molar-refractivity contribution in [2.75, 3.05) is 18.8 Å². The van der Waals surface area contributed by atoms with Crippen molar-refractivity contribution in [1.29, 1.82) is 0 Å². The van der Waals surface area contributed by atoms with E-state index in [0.717, 1.165) is 4.70 Å². The number of fused-ring (bicyclic) bond motifs is 1. The number of hydrogen-bond acceptors (Lipinski definition) is 6. The standard InChI is InChI=1S/C11H13N3O3S2/c12-11-13-9-2-1-8(5-10(9)18-11)19(16,17)14-4-3-7(15)6-14/h1-2,5,7,15H,3-4,6H2,(H2,12,13). The smallest absolute Gasteiger partial charge is 0.243 e. The number of nitrogens with two attached hydrogens (primary N) is 1. The van der Waals surface area contributed by atoms with E-state index in [-0.39, 0.29) is 11.4 Å². The van der Waals surface area contributed by atoms with E-state index >= 15 is 0 Å². The van der Waals surface area contributed by atoms with Gasteiger partial charge in [0.2, 0.25) is 10.0 Å². The number of nitrogens with zero attached hydrogens (tertiary/aromatic N) is 2. The lowest BCUT2D eigenvalue weighted by Crippen LogP contribution is -2.29. The second-order valence-electron chi connectivity index (χ2n) is 4.49. The van der Waals surface area contributed by atoms with E-state index in [4.69, 9.17) is 5.73 Å². The molecule has 3 N–H and O–H groups in total. The fourth-order valence-electron chi connectivity index (χ4n) is 2.16. The van der Waals surface area contributed by atoms with Gasteiger partial charge in [0.15, 0.2) is 5.13 Å². The molecule has 1 aromatic heterocycles. The second-order valence-corrected chi connectivity index (χ2v) is 7.49. The SMILES string of the molecule is Nc1nc2ccc(S(=O)(=O)N3CCC(O)C3)cc2s1. The van der Waals surface area contributed by atoms with Crippen molar-refractivity contribution in [1.82, 2.24) is 9.29 Å². The fraction of sp³-hybridized carbons (Fsp3) is 0.364. The van der Waals surface area contributed by atoms with Gasteiger partial charge < -0.3 is 10.8 Å². The fourth-order valence-corrected chi connectivity index (χ4v) is 4.53. The third-order valence-electron chi connectivity index (χ3n) is 3.14. The average molecular weight is 299 g/mol. The molecule has 102 valence electrons. The zero-order valence-corrected chi connectivity index (χ0v) is 11.6. The molecule has 1 aliphatic heterocycles. The van der Waals surface area contributed by atoms with Crippen LogP contribution in [0.3, 0.4) is 0 Å². The molecular formula is C11H13N3O3S2. The maximum atomic E-state index is 12.4. The van der Waals surface area contributed by atoms with Gasteiger partial charge in [-0.05, 0) is 24.6 Å². The predicted molar refractivity (Wildman–Crippen MR) is 73.4 cm³/mol. The predicted octanol–water partition coefficient (Wildman–Crippen LogP) is 0.634. The van der Waals surface area contributed by atoms with Gasteiger partial charge in [-0.1, -0.05) is 11.3 Å². The number of sulfonamides is 1. The van der Waals surface area contributed by atoms with Crippen molar-refractivity contribution in [3.05, 3.63) is 18.2 Å². The summed E-state index contributed by atoms with van der Waals surface area (Å²) >= 11 is 1.26. The molecule has 0 amide bonds. The molecule has 2 heterocycles. The summed E-state index contributed by atoms with van der Waals surface area (Å²) in [6.45, 7) is 0.511. The van der Waals surface area contributed by atoms with Crippen LogP contribution >= 0.6 is 11.3 Å². The first-order chi connectivity index (χ1) is 8.96. The summed E-state index contributed by atoms with van der Waals surface area (Å²) in [6.07, 6.45) is -0.0906. The summed E-state index contributed by atoms with van der Waals surface area (Å²) in [5, 5.41) is 9.87. The minimum atomic E-state index is -3.54. The van der Waals surface area contributed by atoms with E-state index in [9.17, 15) is 13.5 Å². The molecule has 19 heavy (non-hydrogen) atoms. The Hall–Kier alpha value is -1.22. The van der Waals surface area contributed by atoms with E-state index in [1.807, 2.05) is 0 Å². The summed E-state index contributed by atoms with van der Waals surface area (Å²) in [5.41, 5.74) is 6.30. The highest BCUT2D eigenvalue weighted by Gasteiger charge is 2.31. The molecule has 0 saturated carbocycles. The van der Waals surface area contributed by atoms with Gasteiger partial charge in [0.25, 0.3) is 0 Å². The van der Waals surface area contributed by atoms with E-state index in [1.165, 1.54) is 21.7 Å². The quantitative estimate of drug-likeness (QED) is 0.848. The lowest BCUT2D eigenvalue weighted by Gasteiger charge is -2.15. The number of thiazole rings is 1. The van der Waals surface area contributed by atoms with Crippen molar-refractivity contribution < 1.29 is 13.5 Å². The van der Waals surface area contributed by atoms with Gasteiger partial charge in [0.1, 0.15) is 0 Å². The first kappa shape index (κ1) is 12.8. The van der Waals surface area contributed by atoms with Crippen LogP contribution in [0.2, 0.25) is 0 Å². The Kier molecular flexibility index (Phi) is 2.97. The molecule has 1 fully saturated rings. The van der Waals surface area contributed by atoms with E-state index < -0.39 is 16.1 Å². The highest BCUT2D eigenvalue weighted by molar-refractivity contribution is 7.89. The van der Waals surface area contributed by atoms with Crippen molar-refractivity contribution in [3.63, 3.8) is 0 Å². The van der Waals surface area contributed by atoms with Crippen LogP contribution in [-0.2, 0) is 10.0 Å². The summed E-state index contributed by atoms with van der Waals surface area (Å²) in [7, 11) is -3.54. The molecule has 8 heteroatoms. The topological polar surface area (TPSA) is 96.5 Å². The minimum absolute atomic E-state index is 0.158. The number of anilines is 1. The second kappa shape index (κ2) is 4.41. The summed E-state index contributed by atoms with van der Waals surface area (Å²) < 4.78 is 26.9. The van der Waals surface area contributed by atoms with Crippen LogP contribution in [0.5, 0.6) is 0 Å². The Balaban J connectivity index is 2.03. The van der Waals surface area contributed by atoms with Gasteiger partial charge in [0, 0.05) is 13.1 Å². The van der Waals surface area contributed by atoms with Crippen LogP contribution in [0.25, 0.3) is 10.2 Å². The van der Waals surface area contributed by atoms with Gasteiger partial charge in [-0.3, -0.25) is 0 Å². The molecule has 0 bridgehead atoms. The van der Waals surface area contributed by atoms with Crippen molar-refractivity contribution in [3.8, 4) is 0 Å². The monoisotopic (exact) mass is 299 g/mol. The third kappa shape index (κ3) is 2.20. The summed E-state index contributed by atoms with van der Waals surface area (Å²) in [6, 6.07) is 4.77. The summed E-state index contributed by atoms with van der Waals surface area (Å²) in [5.74, 6) is 0. The lowest BCUT2D eigenvalue weighted by atomic mass is 10.3. The average Bonchev–Trinajstić information content (AvgIpc) is 2.93. The molecule has 0 spiro atoms. The van der Waals surface area contributed by atoms with Crippen LogP contribution in [-0.4, -0.2) is 42.0 Å². The Labute approximate surface area is 114 Å². The molecule has 1 aliphatic rings. The number of rotatable bonds is 2. The van der Waals surface area contributed by atoms with Crippen molar-refractivity contribution >= 4 is 36.7 Å². The Bertz CT molecular complexity index is 726. The van der Waals surface area contributed by atoms with Gasteiger partial charge in [-0.25, -0.2) is 13.4 Å². The largest absolute Gasteiger partial charge is 0.392 e. The number of aromatic nitrogens is 1. The molecule has 6 nitrogen and oxygen atoms in total. The van der Waals surface area contributed by atoms with E-state index in [2.05, 4.69) is 4.98 Å². The third-order valence-corrected chi connectivity index (χ3v) is 5.85. The molecule has 1 atom stereocenters. The first-order valence-electron chi connectivity index (χ1n) is 5.81. The highest BCUT2D eigenvalue weighted by atomic mass is 32.2. The van der Waals surface area contributed by atoms with Crippen molar-refractivity contribution in [2.24, 2.45) is 0 Å². The van der Waals surface area contributed by atoms with E-state index in [0.29, 0.717) is 23.6 Å². The molecule has 2 aromatic rings. The maximum absolute atomic E-state index is 12.4. The molecule has 1 saturated heterocycles. The molecule has 3 rings (SSSR count). The van der Waals surface area contributed by atoms with Crippen LogP contribution in [0, 0.1) is 0 Å². The van der Waals surface area contributed by atoms with E-state index in [1.54, 1.807) is 12.1 Å². The van der Waals surface area contributed by atoms with Gasteiger partial charge >= 0.3 is 0 Å². The lowest BCUT2D eigenvalue weighted by molar-refractivity contribution is 0.189. The normalized spacial score (nSPS) is 21.2. The molecule has 1 unspecified atom stereocenters. The number of aliphatic hydroxyl groups excluding tert-OH is 1. The number of β-amino-alcohol motifs (C(OH)–C–C–N with tert-alkyl or cyclic N) is 1. The Morgan fingerprint density at radius 1 is 1.47 bits per heavy atom. The Morgan fingerprint density at radius 2 is 2.26 bits per heavy atom. The van der Waals surface area contributed by atoms with Crippen LogP contribution < -0.4 is 5.73 Å². The van der Waals surface area contributed by atoms with Crippen molar-refractivity contribution in [2.45, 2.75) is 17.4 Å². The maximum Gasteiger partial charge on any atom is 0.243 e. The van der Waals surface area contributed by atoms with Crippen LogP contribution in [0.15, 0.2) is 23.1 Å². The van der Waals surface area contributed by atoms with Gasteiger partial charge in [-0.2, -0.15) is 4.31 Å². The number of aliphatic hydroxyl groups is 1. The molecular weight excluding hydrogens is 286 g/mol. The van der Waals surface area contributed by atoms with Crippen LogP contribution in [0.4, 0.5) is 5.13 Å². The minimum Gasteiger partial charge on any atom is -0.392 e. The molecule has 1 aromatic carbocycles. The molecule has 0 aliphatic carbocycles. The number of hydrogen-bond donors (Lipinski definition) is 2. The first-order valence-corrected chi connectivity index (χ1v) is 8.07. The zero-order valence-electron chi connectivity index (χ0n) is 9.98. The zero-order chi connectivity index (χ0) is 13.6. The highest BCUT2D eigenvalue weighted by Crippen LogP contribution is 2.28. The van der Waals surface area contributed by atoms with Gasteiger partial charge in [0.05, 0.1) is 21.2 Å². The van der Waals surface area contributed by atoms with Gasteiger partial charge in [-0.15, -0.1) is 0 Å². The van der Waals surface area contributed by atoms with Crippen LogP contribution in [0.1, 0.15) is 6.42 Å².